The maximum atomic E-state index is 14.5. The number of aromatic carboxylic acids is 1. The van der Waals surface area contributed by atoms with Gasteiger partial charge in [-0.3, -0.25) is 0 Å². The first-order valence-corrected chi connectivity index (χ1v) is 10.3. The molecule has 1 aromatic rings. The number of halogens is 26. The number of carbonyl (C=O) groups is 1. The average molecular weight is 758 g/mol. The second-order valence-electron chi connectivity index (χ2n) is 8.84. The molecule has 28 heteroatoms. The van der Waals surface area contributed by atoms with E-state index in [2.05, 4.69) is 0 Å². The number of hydrogen-bond donors (Lipinski definition) is 1. The second kappa shape index (κ2) is 10.7. The summed E-state index contributed by atoms with van der Waals surface area (Å²) in [5.41, 5.74) is -10.6. The molecular weight excluding hydrogens is 754 g/mol. The van der Waals surface area contributed by atoms with Gasteiger partial charge in [-0.1, -0.05) is 0 Å². The van der Waals surface area contributed by atoms with E-state index in [0.29, 0.717) is 0 Å². The first-order valence-electron chi connectivity index (χ1n) is 10.3. The van der Waals surface area contributed by atoms with Crippen LogP contribution in [0.15, 0.2) is 18.2 Å². The monoisotopic (exact) mass is 758 g/mol. The van der Waals surface area contributed by atoms with Crippen LogP contribution in [0.2, 0.25) is 0 Å². The van der Waals surface area contributed by atoms with Crippen LogP contribution in [0.25, 0.3) is 0 Å². The van der Waals surface area contributed by atoms with Crippen LogP contribution in [0.3, 0.4) is 0 Å². The zero-order chi connectivity index (χ0) is 38.4. The topological polar surface area (TPSA) is 37.3 Å². The van der Waals surface area contributed by atoms with Crippen molar-refractivity contribution in [3.05, 3.63) is 34.9 Å². The summed E-state index contributed by atoms with van der Waals surface area (Å²) in [5, 5.41) is 8.69. The summed E-state index contributed by atoms with van der Waals surface area (Å²) in [6, 6.07) is -4.94. The molecule has 47 heavy (non-hydrogen) atoms. The van der Waals surface area contributed by atoms with E-state index < -0.39 is 112 Å². The molecule has 274 valence electrons. The van der Waals surface area contributed by atoms with Crippen LogP contribution in [-0.4, -0.2) is 70.8 Å². The molecule has 0 bridgehead atoms. The van der Waals surface area contributed by atoms with E-state index in [1.54, 1.807) is 0 Å². The molecular formula is C19H4F26O2. The van der Waals surface area contributed by atoms with Crippen molar-refractivity contribution in [1.29, 1.82) is 0 Å². The van der Waals surface area contributed by atoms with Crippen molar-refractivity contribution < 1.29 is 124 Å². The lowest BCUT2D eigenvalue weighted by Gasteiger charge is -2.40. The van der Waals surface area contributed by atoms with Gasteiger partial charge in [-0.25, -0.2) is 4.79 Å². The number of hydrogen-bond acceptors (Lipinski definition) is 1. The lowest BCUT2D eigenvalue weighted by molar-refractivity contribution is -0.442. The maximum absolute atomic E-state index is 14.5. The molecule has 0 amide bonds. The van der Waals surface area contributed by atoms with Gasteiger partial charge in [0.25, 0.3) is 0 Å². The fraction of sp³-hybridized carbons (Fsp3) is 0.632. The summed E-state index contributed by atoms with van der Waals surface area (Å²) in [4.78, 5) is 11.0. The van der Waals surface area contributed by atoms with Crippen LogP contribution < -0.4 is 0 Å². The Balaban J connectivity index is 4.15. The van der Waals surface area contributed by atoms with E-state index in [0.717, 1.165) is 0 Å². The van der Waals surface area contributed by atoms with E-state index in [-0.39, 0.29) is 0 Å². The van der Waals surface area contributed by atoms with Crippen LogP contribution in [0.1, 0.15) is 21.5 Å². The zero-order valence-corrected chi connectivity index (χ0v) is 20.4. The predicted octanol–water partition coefficient (Wildman–Crippen LogP) is 9.78. The van der Waals surface area contributed by atoms with Gasteiger partial charge >= 0.3 is 77.5 Å². The Morgan fingerprint density at radius 1 is 0.362 bits per heavy atom. The first-order chi connectivity index (χ1) is 20.0. The van der Waals surface area contributed by atoms with E-state index in [4.69, 9.17) is 5.11 Å². The molecule has 0 aromatic heterocycles. The smallest absolute Gasteiger partial charge is 0.460 e. The number of carboxylic acids is 1. The number of alkyl halides is 26. The van der Waals surface area contributed by atoms with E-state index in [9.17, 15) is 119 Å². The molecule has 1 aromatic carbocycles. The van der Waals surface area contributed by atoms with Crippen molar-refractivity contribution in [2.75, 3.05) is 0 Å². The van der Waals surface area contributed by atoms with Crippen LogP contribution in [0.5, 0.6) is 0 Å². The van der Waals surface area contributed by atoms with Crippen LogP contribution >= 0.6 is 0 Å². The largest absolute Gasteiger partial charge is 0.478 e. The maximum Gasteiger partial charge on any atom is 0.460 e. The van der Waals surface area contributed by atoms with E-state index in [1.165, 1.54) is 0 Å². The van der Waals surface area contributed by atoms with Gasteiger partial charge in [0.1, 0.15) is 0 Å². The highest BCUT2D eigenvalue weighted by Crippen LogP contribution is 2.64. The highest BCUT2D eigenvalue weighted by molar-refractivity contribution is 5.88. The Hall–Kier alpha value is -3.13. The second-order valence-corrected chi connectivity index (χ2v) is 8.84. The molecule has 0 atom stereocenters. The molecule has 2 nitrogen and oxygen atoms in total. The Kier molecular flexibility index (Phi) is 9.52. The Bertz CT molecular complexity index is 1260. The van der Waals surface area contributed by atoms with Gasteiger partial charge in [0.2, 0.25) is 0 Å². The van der Waals surface area contributed by atoms with Crippen molar-refractivity contribution in [1.82, 2.24) is 0 Å². The molecule has 0 saturated carbocycles. The Morgan fingerprint density at radius 3 is 0.766 bits per heavy atom. The van der Waals surface area contributed by atoms with Crippen molar-refractivity contribution in [3.63, 3.8) is 0 Å². The average Bonchev–Trinajstić information content (AvgIpc) is 2.85. The van der Waals surface area contributed by atoms with E-state index >= 15 is 0 Å². The number of carboxylic acid groups (broad SMARTS) is 1. The molecule has 0 heterocycles. The van der Waals surface area contributed by atoms with Gasteiger partial charge in [-0.05, 0) is 18.2 Å². The first kappa shape index (κ1) is 41.9. The predicted molar refractivity (Wildman–Crippen MR) is 92.9 cm³/mol. The molecule has 0 radical (unpaired) electrons. The SMILES string of the molecule is O=C(O)c1cc(C(F)(F)C(F)(F)C(F)(F)C(F)(F)C(F)(F)C(F)(F)F)cc(C(F)(F)C(F)(F)C(F)(F)C(F)(F)C(F)(F)C(F)(F)F)c1. The van der Waals surface area contributed by atoms with Gasteiger partial charge in [0.15, 0.2) is 0 Å². The summed E-state index contributed by atoms with van der Waals surface area (Å²) in [5.74, 6) is -87.5. The van der Waals surface area contributed by atoms with Gasteiger partial charge in [0.05, 0.1) is 5.56 Å². The van der Waals surface area contributed by atoms with Gasteiger partial charge in [0, 0.05) is 11.1 Å². The summed E-state index contributed by atoms with van der Waals surface area (Å²) in [6.07, 6.45) is -16.0. The minimum atomic E-state index is -8.76. The third-order valence-electron chi connectivity index (χ3n) is 5.77. The van der Waals surface area contributed by atoms with Crippen LogP contribution in [0, 0.1) is 0 Å². The Morgan fingerprint density at radius 2 is 0.574 bits per heavy atom. The van der Waals surface area contributed by atoms with Gasteiger partial charge in [-0.15, -0.1) is 0 Å². The van der Waals surface area contributed by atoms with Gasteiger partial charge in [-0.2, -0.15) is 114 Å². The van der Waals surface area contributed by atoms with E-state index in [1.807, 2.05) is 0 Å². The fourth-order valence-corrected chi connectivity index (χ4v) is 3.02. The molecule has 1 N–H and O–H groups in total. The third-order valence-corrected chi connectivity index (χ3v) is 5.77. The minimum Gasteiger partial charge on any atom is -0.478 e. The third kappa shape index (κ3) is 5.43. The zero-order valence-electron chi connectivity index (χ0n) is 20.4. The molecule has 0 aliphatic heterocycles. The normalized spacial score (nSPS) is 16.0. The van der Waals surface area contributed by atoms with Crippen molar-refractivity contribution in [2.45, 2.75) is 71.6 Å². The molecule has 0 saturated heterocycles. The quantitative estimate of drug-likeness (QED) is 0.229. The lowest BCUT2D eigenvalue weighted by Crippen LogP contribution is -2.69. The molecule has 0 aliphatic carbocycles. The summed E-state index contributed by atoms with van der Waals surface area (Å²) in [7, 11) is 0. The summed E-state index contributed by atoms with van der Waals surface area (Å²) < 4.78 is 348. The van der Waals surface area contributed by atoms with Crippen molar-refractivity contribution in [3.8, 4) is 0 Å². The minimum absolute atomic E-state index is 1.44. The highest BCUT2D eigenvalue weighted by Gasteiger charge is 2.92. The van der Waals surface area contributed by atoms with Crippen LogP contribution in [0.4, 0.5) is 114 Å². The summed E-state index contributed by atoms with van der Waals surface area (Å²) in [6.45, 7) is 0. The molecule has 0 fully saturated rings. The Labute approximate surface area is 237 Å². The number of benzene rings is 1. The fourth-order valence-electron chi connectivity index (χ4n) is 3.02. The lowest BCUT2D eigenvalue weighted by atomic mass is 9.86. The van der Waals surface area contributed by atoms with Crippen molar-refractivity contribution in [2.24, 2.45) is 0 Å². The molecule has 0 spiro atoms. The molecule has 0 aliphatic rings. The standard InChI is InChI=1S/C19H4F26O2/c20-8(21,10(24,25)12(28,29)14(32,33)16(36,37)18(40,41)42)5-1-4(7(46)47)2-6(3-5)9(22,23)11(26,27)13(30,31)15(34,35)17(38,39)19(43,44)45/h1-3H,(H,46,47). The van der Waals surface area contributed by atoms with Crippen LogP contribution in [-0.2, 0) is 11.8 Å². The highest BCUT2D eigenvalue weighted by atomic mass is 19.4. The molecule has 0 unspecified atom stereocenters. The van der Waals surface area contributed by atoms with Crippen molar-refractivity contribution >= 4 is 5.97 Å². The number of rotatable bonds is 11. The molecule has 1 rings (SSSR count). The summed E-state index contributed by atoms with van der Waals surface area (Å²) >= 11 is 0. The van der Waals surface area contributed by atoms with Gasteiger partial charge < -0.3 is 5.11 Å².